The van der Waals surface area contributed by atoms with Gasteiger partial charge in [0, 0.05) is 10.9 Å². The summed E-state index contributed by atoms with van der Waals surface area (Å²) in [5.41, 5.74) is 2.67. The van der Waals surface area contributed by atoms with E-state index in [9.17, 15) is 14.9 Å². The largest absolute Gasteiger partial charge is 0.352 e. The van der Waals surface area contributed by atoms with E-state index < -0.39 is 11.1 Å². The van der Waals surface area contributed by atoms with Gasteiger partial charge in [-0.3, -0.25) is 14.9 Å². The number of thiophene rings is 1. The van der Waals surface area contributed by atoms with Crippen LogP contribution in [0.5, 0.6) is 0 Å². The zero-order valence-electron chi connectivity index (χ0n) is 16.4. The van der Waals surface area contributed by atoms with Crippen molar-refractivity contribution in [3.05, 3.63) is 55.9 Å². The van der Waals surface area contributed by atoms with E-state index in [1.54, 1.807) is 29.5 Å². The number of nitro benzene ring substituents is 1. The summed E-state index contributed by atoms with van der Waals surface area (Å²) in [6.45, 7) is 6.89. The summed E-state index contributed by atoms with van der Waals surface area (Å²) >= 11 is 1.64. The second kappa shape index (κ2) is 6.88. The number of nitro groups is 1. The average Bonchev–Trinajstić information content (AvgIpc) is 3.06. The van der Waals surface area contributed by atoms with Crippen molar-refractivity contribution in [3.63, 3.8) is 0 Å². The molecule has 28 heavy (non-hydrogen) atoms. The molecule has 0 saturated heterocycles. The molecule has 2 heterocycles. The molecular formula is C21H25N3O3S. The number of hydrogen-bond acceptors (Lipinski definition) is 5. The Hall–Kier alpha value is -2.41. The minimum absolute atomic E-state index is 0.00910. The first-order chi connectivity index (χ1) is 13.3. The molecule has 2 aliphatic rings. The third-order valence-electron chi connectivity index (χ3n) is 6.50. The maximum absolute atomic E-state index is 12.9. The number of carbonyl (C=O) groups excluding carboxylic acids is 1. The van der Waals surface area contributed by atoms with Crippen molar-refractivity contribution in [1.82, 2.24) is 5.32 Å². The van der Waals surface area contributed by atoms with Crippen LogP contribution in [0.25, 0.3) is 0 Å². The first kappa shape index (κ1) is 18.9. The fraction of sp³-hybridized carbons (Fsp3) is 0.476. The fourth-order valence-corrected chi connectivity index (χ4v) is 5.66. The number of benzene rings is 1. The molecule has 1 aromatic heterocycles. The lowest BCUT2D eigenvalue weighted by Gasteiger charge is -2.36. The molecule has 4 rings (SSSR count). The smallest absolute Gasteiger partial charge is 0.276 e. The van der Waals surface area contributed by atoms with Gasteiger partial charge in [0.05, 0.1) is 16.1 Å². The van der Waals surface area contributed by atoms with E-state index in [2.05, 4.69) is 31.4 Å². The SMILES string of the molecule is CCC(C)(C)[C@@H]1CCc2c(sc3c2C(=O)N[C@@H](c2ccccc2[N+](=O)[O-])N3)C1. The number of nitrogens with zero attached hydrogens (tertiary/aromatic N) is 1. The Morgan fingerprint density at radius 1 is 1.29 bits per heavy atom. The molecule has 1 aliphatic heterocycles. The van der Waals surface area contributed by atoms with E-state index in [0.717, 1.165) is 41.8 Å². The highest BCUT2D eigenvalue weighted by Gasteiger charge is 2.38. The van der Waals surface area contributed by atoms with Gasteiger partial charge < -0.3 is 10.6 Å². The molecule has 6 nitrogen and oxygen atoms in total. The van der Waals surface area contributed by atoms with E-state index in [-0.39, 0.29) is 17.0 Å². The standard InChI is InChI=1S/C21H25N3O3S/c1-4-21(2,3)12-9-10-14-16(11-12)28-20-17(14)19(25)22-18(23-20)13-7-5-6-8-15(13)24(26)27/h5-8,12,18,23H,4,9-11H2,1-3H3,(H,22,25)/t12-,18-/m1/s1. The minimum atomic E-state index is -0.593. The maximum atomic E-state index is 12.9. The van der Waals surface area contributed by atoms with Gasteiger partial charge in [0.25, 0.3) is 11.6 Å². The maximum Gasteiger partial charge on any atom is 0.276 e. The van der Waals surface area contributed by atoms with Crippen molar-refractivity contribution in [1.29, 1.82) is 0 Å². The number of para-hydroxylation sites is 1. The van der Waals surface area contributed by atoms with Gasteiger partial charge in [-0.05, 0) is 42.2 Å². The van der Waals surface area contributed by atoms with Crippen LogP contribution in [0.2, 0.25) is 0 Å². The number of anilines is 1. The van der Waals surface area contributed by atoms with Crippen molar-refractivity contribution in [2.75, 3.05) is 5.32 Å². The van der Waals surface area contributed by atoms with E-state index in [1.165, 1.54) is 10.9 Å². The summed E-state index contributed by atoms with van der Waals surface area (Å²) in [7, 11) is 0. The molecule has 0 bridgehead atoms. The van der Waals surface area contributed by atoms with Crippen LogP contribution in [0, 0.1) is 21.4 Å². The molecule has 2 N–H and O–H groups in total. The molecule has 2 aromatic rings. The molecule has 0 saturated carbocycles. The summed E-state index contributed by atoms with van der Waals surface area (Å²) in [5.74, 6) is 0.474. The Balaban J connectivity index is 1.66. The van der Waals surface area contributed by atoms with Gasteiger partial charge in [0.2, 0.25) is 0 Å². The van der Waals surface area contributed by atoms with Gasteiger partial charge in [-0.1, -0.05) is 39.3 Å². The van der Waals surface area contributed by atoms with Crippen LogP contribution < -0.4 is 10.6 Å². The summed E-state index contributed by atoms with van der Waals surface area (Å²) in [6.07, 6.45) is 3.55. The third kappa shape index (κ3) is 3.07. The van der Waals surface area contributed by atoms with Crippen molar-refractivity contribution in [3.8, 4) is 0 Å². The summed E-state index contributed by atoms with van der Waals surface area (Å²) in [4.78, 5) is 25.2. The van der Waals surface area contributed by atoms with Crippen molar-refractivity contribution < 1.29 is 9.72 Å². The highest BCUT2D eigenvalue weighted by molar-refractivity contribution is 7.16. The average molecular weight is 400 g/mol. The third-order valence-corrected chi connectivity index (χ3v) is 7.69. The van der Waals surface area contributed by atoms with Crippen LogP contribution in [0.3, 0.4) is 0 Å². The molecule has 0 fully saturated rings. The second-order valence-corrected chi connectivity index (χ2v) is 9.46. The van der Waals surface area contributed by atoms with Crippen LogP contribution in [0.15, 0.2) is 24.3 Å². The number of carbonyl (C=O) groups is 1. The lowest BCUT2D eigenvalue weighted by molar-refractivity contribution is -0.385. The minimum Gasteiger partial charge on any atom is -0.352 e. The topological polar surface area (TPSA) is 84.3 Å². The molecule has 1 aromatic carbocycles. The Bertz CT molecular complexity index is 950. The molecule has 0 spiro atoms. The predicted octanol–water partition coefficient (Wildman–Crippen LogP) is 5.05. The Morgan fingerprint density at radius 2 is 2.04 bits per heavy atom. The van der Waals surface area contributed by atoms with Gasteiger partial charge in [-0.25, -0.2) is 0 Å². The Labute approximate surface area is 168 Å². The molecule has 148 valence electrons. The summed E-state index contributed by atoms with van der Waals surface area (Å²) in [5, 5.41) is 18.5. The predicted molar refractivity (Wildman–Crippen MR) is 111 cm³/mol. The number of fused-ring (bicyclic) bond motifs is 3. The normalized spacial score (nSPS) is 21.3. The number of nitrogens with one attached hydrogen (secondary N) is 2. The number of amides is 1. The second-order valence-electron chi connectivity index (χ2n) is 8.36. The van der Waals surface area contributed by atoms with E-state index in [0.29, 0.717) is 11.5 Å². The van der Waals surface area contributed by atoms with Gasteiger partial charge in [-0.2, -0.15) is 0 Å². The van der Waals surface area contributed by atoms with Crippen molar-refractivity contribution in [2.24, 2.45) is 11.3 Å². The molecule has 7 heteroatoms. The first-order valence-electron chi connectivity index (χ1n) is 9.77. The van der Waals surface area contributed by atoms with Crippen LogP contribution in [-0.2, 0) is 12.8 Å². The molecule has 1 aliphatic carbocycles. The zero-order valence-corrected chi connectivity index (χ0v) is 17.2. The van der Waals surface area contributed by atoms with Crippen LogP contribution in [0.4, 0.5) is 10.7 Å². The lowest BCUT2D eigenvalue weighted by atomic mass is 9.69. The van der Waals surface area contributed by atoms with Gasteiger partial charge >= 0.3 is 0 Å². The molecular weight excluding hydrogens is 374 g/mol. The molecule has 0 unspecified atom stereocenters. The number of rotatable bonds is 4. The Morgan fingerprint density at radius 3 is 2.75 bits per heavy atom. The first-order valence-corrected chi connectivity index (χ1v) is 10.6. The molecule has 2 atom stereocenters. The quantitative estimate of drug-likeness (QED) is 0.556. The lowest BCUT2D eigenvalue weighted by Crippen LogP contribution is -2.38. The highest BCUT2D eigenvalue weighted by atomic mass is 32.1. The van der Waals surface area contributed by atoms with E-state index >= 15 is 0 Å². The summed E-state index contributed by atoms with van der Waals surface area (Å²) < 4.78 is 0. The zero-order chi connectivity index (χ0) is 20.1. The van der Waals surface area contributed by atoms with Gasteiger partial charge in [-0.15, -0.1) is 11.3 Å². The van der Waals surface area contributed by atoms with E-state index in [1.807, 2.05) is 0 Å². The van der Waals surface area contributed by atoms with Crippen LogP contribution in [-0.4, -0.2) is 10.8 Å². The van der Waals surface area contributed by atoms with Crippen molar-refractivity contribution >= 4 is 27.9 Å². The molecule has 0 radical (unpaired) electrons. The van der Waals surface area contributed by atoms with Crippen LogP contribution in [0.1, 0.15) is 66.1 Å². The van der Waals surface area contributed by atoms with Gasteiger partial charge in [0.1, 0.15) is 11.2 Å². The molecule has 1 amide bonds. The monoisotopic (exact) mass is 399 g/mol. The fourth-order valence-electron chi connectivity index (χ4n) is 4.31. The van der Waals surface area contributed by atoms with E-state index in [4.69, 9.17) is 0 Å². The van der Waals surface area contributed by atoms with Crippen LogP contribution >= 0.6 is 11.3 Å². The van der Waals surface area contributed by atoms with Crippen molar-refractivity contribution in [2.45, 2.75) is 52.6 Å². The van der Waals surface area contributed by atoms with Gasteiger partial charge in [0.15, 0.2) is 0 Å². The summed E-state index contributed by atoms with van der Waals surface area (Å²) in [6, 6.07) is 6.55. The number of hydrogen-bond donors (Lipinski definition) is 2. The Kier molecular flexibility index (Phi) is 4.65. The highest BCUT2D eigenvalue weighted by Crippen LogP contribution is 2.47.